The van der Waals surface area contributed by atoms with Gasteiger partial charge in [-0.05, 0) is 12.8 Å². The van der Waals surface area contributed by atoms with Gasteiger partial charge in [0.05, 0.1) is 0 Å². The lowest BCUT2D eigenvalue weighted by molar-refractivity contribution is 0.314. The minimum absolute atomic E-state index is 0.472. The lowest BCUT2D eigenvalue weighted by atomic mass is 10.2. The second-order valence-corrected chi connectivity index (χ2v) is 4.05. The fourth-order valence-electron chi connectivity index (χ4n) is 1.18. The molecule has 0 aliphatic carbocycles. The summed E-state index contributed by atoms with van der Waals surface area (Å²) < 4.78 is 5.37. The first kappa shape index (κ1) is 12.7. The first-order chi connectivity index (χ1) is 7.61. The Morgan fingerprint density at radius 2 is 2.19 bits per heavy atom. The number of nitrogens with zero attached hydrogens (tertiary/aromatic N) is 2. The lowest BCUT2D eigenvalue weighted by Gasteiger charge is -2.10. The number of aryl methyl sites for hydroxylation is 1. The van der Waals surface area contributed by atoms with Crippen molar-refractivity contribution in [2.24, 2.45) is 11.7 Å². The van der Waals surface area contributed by atoms with Gasteiger partial charge in [0, 0.05) is 19.2 Å². The normalized spacial score (nSPS) is 10.6. The van der Waals surface area contributed by atoms with Gasteiger partial charge in [-0.3, -0.25) is 0 Å². The Morgan fingerprint density at radius 1 is 1.44 bits per heavy atom. The molecule has 0 radical (unpaired) electrons. The maximum absolute atomic E-state index is 5.37. The Hall–Kier alpha value is -1.36. The van der Waals surface area contributed by atoms with Crippen LogP contribution in [-0.2, 0) is 0 Å². The fraction of sp³-hybridized carbons (Fsp3) is 0.636. The third kappa shape index (κ3) is 4.44. The molecular formula is C11H20N4O. The van der Waals surface area contributed by atoms with Gasteiger partial charge in [-0.1, -0.05) is 13.8 Å². The molecular weight excluding hydrogens is 204 g/mol. The summed E-state index contributed by atoms with van der Waals surface area (Å²) in [6, 6.07) is 1.80. The van der Waals surface area contributed by atoms with Crippen LogP contribution in [0.1, 0.15) is 19.7 Å². The molecule has 0 atom stereocenters. The number of nitrogens with two attached hydrogens (primary N) is 1. The highest BCUT2D eigenvalue weighted by Crippen LogP contribution is 2.13. The zero-order chi connectivity index (χ0) is 12.0. The van der Waals surface area contributed by atoms with Gasteiger partial charge >= 0.3 is 0 Å². The Labute approximate surface area is 96.4 Å². The van der Waals surface area contributed by atoms with Crippen LogP contribution in [0, 0.1) is 12.8 Å². The highest BCUT2D eigenvalue weighted by Gasteiger charge is 2.03. The summed E-state index contributed by atoms with van der Waals surface area (Å²) >= 11 is 0. The zero-order valence-electron chi connectivity index (χ0n) is 10.2. The number of anilines is 1. The Bertz CT molecular complexity index is 328. The van der Waals surface area contributed by atoms with E-state index >= 15 is 0 Å². The van der Waals surface area contributed by atoms with Crippen LogP contribution in [0.2, 0.25) is 0 Å². The highest BCUT2D eigenvalue weighted by molar-refractivity contribution is 5.38. The van der Waals surface area contributed by atoms with Crippen LogP contribution in [-0.4, -0.2) is 29.7 Å². The number of hydrogen-bond donors (Lipinski definition) is 2. The Kier molecular flexibility index (Phi) is 4.98. The quantitative estimate of drug-likeness (QED) is 0.759. The third-order valence-corrected chi connectivity index (χ3v) is 1.87. The van der Waals surface area contributed by atoms with Gasteiger partial charge in [-0.15, -0.1) is 0 Å². The molecule has 0 aromatic carbocycles. The number of rotatable bonds is 6. The number of hydrogen-bond acceptors (Lipinski definition) is 5. The Balaban J connectivity index is 2.65. The highest BCUT2D eigenvalue weighted by atomic mass is 16.5. The van der Waals surface area contributed by atoms with E-state index in [2.05, 4.69) is 29.1 Å². The Morgan fingerprint density at radius 3 is 2.81 bits per heavy atom. The number of ether oxygens (including phenoxy) is 1. The summed E-state index contributed by atoms with van der Waals surface area (Å²) in [5.41, 5.74) is 5.37. The van der Waals surface area contributed by atoms with Gasteiger partial charge in [0.2, 0.25) is 5.88 Å². The van der Waals surface area contributed by atoms with Crippen LogP contribution in [0.5, 0.6) is 5.88 Å². The fourth-order valence-corrected chi connectivity index (χ4v) is 1.18. The second kappa shape index (κ2) is 6.27. The molecule has 5 heteroatoms. The summed E-state index contributed by atoms with van der Waals surface area (Å²) in [4.78, 5) is 8.45. The monoisotopic (exact) mass is 224 g/mol. The van der Waals surface area contributed by atoms with Gasteiger partial charge in [-0.2, -0.15) is 4.98 Å². The van der Waals surface area contributed by atoms with Crippen LogP contribution in [0.3, 0.4) is 0 Å². The average Bonchev–Trinajstić information content (AvgIpc) is 2.23. The molecule has 0 aliphatic heterocycles. The van der Waals surface area contributed by atoms with Crippen molar-refractivity contribution in [1.82, 2.24) is 9.97 Å². The van der Waals surface area contributed by atoms with Crippen LogP contribution in [0.4, 0.5) is 5.82 Å². The summed E-state index contributed by atoms with van der Waals surface area (Å²) in [6.45, 7) is 7.97. The van der Waals surface area contributed by atoms with Crippen LogP contribution >= 0.6 is 0 Å². The standard InChI is InChI=1S/C11H20N4O/c1-8(2)7-13-10-6-11(16-5-4-12)15-9(3)14-10/h6,8H,4-5,7,12H2,1-3H3,(H,13,14,15). The zero-order valence-corrected chi connectivity index (χ0v) is 10.2. The number of nitrogens with one attached hydrogen (secondary N) is 1. The molecule has 3 N–H and O–H groups in total. The average molecular weight is 224 g/mol. The molecule has 1 aromatic heterocycles. The summed E-state index contributed by atoms with van der Waals surface area (Å²) in [5.74, 6) is 2.64. The van der Waals surface area contributed by atoms with Crippen LogP contribution in [0.25, 0.3) is 0 Å². The minimum Gasteiger partial charge on any atom is -0.476 e. The predicted octanol–water partition coefficient (Wildman–Crippen LogP) is 1.19. The second-order valence-electron chi connectivity index (χ2n) is 4.05. The predicted molar refractivity (Wildman–Crippen MR) is 64.6 cm³/mol. The molecule has 1 rings (SSSR count). The van der Waals surface area contributed by atoms with Crippen molar-refractivity contribution in [2.45, 2.75) is 20.8 Å². The van der Waals surface area contributed by atoms with E-state index in [-0.39, 0.29) is 0 Å². The molecule has 1 heterocycles. The lowest BCUT2D eigenvalue weighted by Crippen LogP contribution is -2.13. The van der Waals surface area contributed by atoms with Crippen molar-refractivity contribution in [3.8, 4) is 5.88 Å². The van der Waals surface area contributed by atoms with Gasteiger partial charge in [-0.25, -0.2) is 4.98 Å². The molecule has 0 fully saturated rings. The summed E-state index contributed by atoms with van der Waals surface area (Å²) in [7, 11) is 0. The van der Waals surface area contributed by atoms with E-state index < -0.39 is 0 Å². The smallest absolute Gasteiger partial charge is 0.218 e. The van der Waals surface area contributed by atoms with E-state index in [1.807, 2.05) is 6.92 Å². The number of aromatic nitrogens is 2. The first-order valence-corrected chi connectivity index (χ1v) is 5.54. The van der Waals surface area contributed by atoms with Gasteiger partial charge in [0.15, 0.2) is 0 Å². The molecule has 0 bridgehead atoms. The third-order valence-electron chi connectivity index (χ3n) is 1.87. The van der Waals surface area contributed by atoms with Crippen molar-refractivity contribution >= 4 is 5.82 Å². The van der Waals surface area contributed by atoms with Gasteiger partial charge in [0.25, 0.3) is 0 Å². The van der Waals surface area contributed by atoms with E-state index in [1.165, 1.54) is 0 Å². The van der Waals surface area contributed by atoms with E-state index in [0.29, 0.717) is 30.8 Å². The van der Waals surface area contributed by atoms with Crippen molar-refractivity contribution in [2.75, 3.05) is 25.0 Å². The van der Waals surface area contributed by atoms with E-state index in [1.54, 1.807) is 6.07 Å². The molecule has 0 aliphatic rings. The molecule has 0 saturated carbocycles. The van der Waals surface area contributed by atoms with Gasteiger partial charge < -0.3 is 15.8 Å². The SMILES string of the molecule is Cc1nc(NCC(C)C)cc(OCCN)n1. The molecule has 0 amide bonds. The largest absolute Gasteiger partial charge is 0.476 e. The minimum atomic E-state index is 0.472. The molecule has 5 nitrogen and oxygen atoms in total. The molecule has 0 spiro atoms. The van der Waals surface area contributed by atoms with Crippen LogP contribution < -0.4 is 15.8 Å². The molecule has 16 heavy (non-hydrogen) atoms. The van der Waals surface area contributed by atoms with Crippen molar-refractivity contribution in [3.05, 3.63) is 11.9 Å². The maximum Gasteiger partial charge on any atom is 0.218 e. The molecule has 90 valence electrons. The van der Waals surface area contributed by atoms with Crippen LogP contribution in [0.15, 0.2) is 6.07 Å². The van der Waals surface area contributed by atoms with E-state index in [4.69, 9.17) is 10.5 Å². The van der Waals surface area contributed by atoms with E-state index in [0.717, 1.165) is 12.4 Å². The first-order valence-electron chi connectivity index (χ1n) is 5.54. The molecule has 1 aromatic rings. The van der Waals surface area contributed by atoms with Crippen molar-refractivity contribution in [1.29, 1.82) is 0 Å². The van der Waals surface area contributed by atoms with E-state index in [9.17, 15) is 0 Å². The van der Waals surface area contributed by atoms with Crippen molar-refractivity contribution < 1.29 is 4.74 Å². The molecule has 0 unspecified atom stereocenters. The summed E-state index contributed by atoms with van der Waals surface area (Å²) in [5, 5.41) is 3.24. The van der Waals surface area contributed by atoms with Gasteiger partial charge in [0.1, 0.15) is 18.2 Å². The topological polar surface area (TPSA) is 73.1 Å². The maximum atomic E-state index is 5.37. The molecule has 0 saturated heterocycles. The van der Waals surface area contributed by atoms with Crippen molar-refractivity contribution in [3.63, 3.8) is 0 Å². The summed E-state index contributed by atoms with van der Waals surface area (Å²) in [6.07, 6.45) is 0.